The molecular formula is C22H25N3O. The summed E-state index contributed by atoms with van der Waals surface area (Å²) in [6, 6.07) is 20.3. The van der Waals surface area contributed by atoms with Crippen LogP contribution in [0, 0.1) is 11.3 Å². The topological polar surface area (TPSA) is 50.9 Å². The number of hydrogen-bond acceptors (Lipinski definition) is 3. The third-order valence-corrected chi connectivity index (χ3v) is 4.54. The lowest BCUT2D eigenvalue weighted by Gasteiger charge is -2.12. The molecule has 4 nitrogen and oxygen atoms in total. The van der Waals surface area contributed by atoms with Crippen molar-refractivity contribution in [1.29, 1.82) is 5.41 Å². The van der Waals surface area contributed by atoms with E-state index in [-0.39, 0.29) is 5.92 Å². The van der Waals surface area contributed by atoms with Crippen molar-refractivity contribution in [3.05, 3.63) is 72.4 Å². The summed E-state index contributed by atoms with van der Waals surface area (Å²) < 4.78 is 7.96. The first-order valence-electron chi connectivity index (χ1n) is 9.02. The summed E-state index contributed by atoms with van der Waals surface area (Å²) >= 11 is 0. The molecule has 3 aromatic rings. The number of hydrogen-bond donors (Lipinski definition) is 1. The molecule has 0 aliphatic heterocycles. The Bertz CT molecular complexity index is 840. The Hall–Kier alpha value is -2.88. The first-order valence-corrected chi connectivity index (χ1v) is 9.02. The number of benzene rings is 2. The average Bonchev–Trinajstić information content (AvgIpc) is 3.08. The smallest absolute Gasteiger partial charge is 0.241 e. The van der Waals surface area contributed by atoms with Gasteiger partial charge in [0.05, 0.1) is 5.56 Å². The van der Waals surface area contributed by atoms with Gasteiger partial charge in [-0.15, -0.1) is 5.10 Å². The van der Waals surface area contributed by atoms with E-state index < -0.39 is 0 Å². The molecule has 2 aromatic carbocycles. The second-order valence-electron chi connectivity index (χ2n) is 6.50. The molecule has 0 saturated carbocycles. The number of aromatic nitrogens is 2. The van der Waals surface area contributed by atoms with E-state index in [2.05, 4.69) is 24.2 Å². The van der Waals surface area contributed by atoms with Gasteiger partial charge in [0.2, 0.25) is 5.88 Å². The van der Waals surface area contributed by atoms with Crippen LogP contribution in [0.5, 0.6) is 5.88 Å². The number of nitrogens with zero attached hydrogens (tertiary/aromatic N) is 2. The number of ether oxygens (including phenoxy) is 1. The number of rotatable bonds is 8. The Morgan fingerprint density at radius 3 is 2.35 bits per heavy atom. The predicted molar refractivity (Wildman–Crippen MR) is 106 cm³/mol. The fourth-order valence-corrected chi connectivity index (χ4v) is 2.94. The maximum absolute atomic E-state index is 7.95. The zero-order valence-corrected chi connectivity index (χ0v) is 15.4. The maximum Gasteiger partial charge on any atom is 0.241 e. The van der Waals surface area contributed by atoms with Gasteiger partial charge in [0, 0.05) is 24.4 Å². The third-order valence-electron chi connectivity index (χ3n) is 4.54. The lowest BCUT2D eigenvalue weighted by Crippen LogP contribution is -2.17. The highest BCUT2D eigenvalue weighted by molar-refractivity contribution is 5.81. The molecule has 0 amide bonds. The zero-order chi connectivity index (χ0) is 18.4. The van der Waals surface area contributed by atoms with E-state index in [9.17, 15) is 0 Å². The second kappa shape index (κ2) is 8.48. The summed E-state index contributed by atoms with van der Waals surface area (Å²) in [5.74, 6) is 0.832. The van der Waals surface area contributed by atoms with Crippen LogP contribution in [0.2, 0.25) is 0 Å². The van der Waals surface area contributed by atoms with Crippen molar-refractivity contribution in [2.75, 3.05) is 0 Å². The Morgan fingerprint density at radius 1 is 1.08 bits per heavy atom. The van der Waals surface area contributed by atoms with Crippen molar-refractivity contribution in [3.8, 4) is 17.0 Å². The zero-order valence-electron chi connectivity index (χ0n) is 15.4. The van der Waals surface area contributed by atoms with Crippen molar-refractivity contribution in [1.82, 2.24) is 9.78 Å². The molecule has 0 radical (unpaired) electrons. The molecule has 3 rings (SSSR count). The van der Waals surface area contributed by atoms with Crippen molar-refractivity contribution in [2.24, 2.45) is 5.92 Å². The van der Waals surface area contributed by atoms with Gasteiger partial charge < -0.3 is 10.1 Å². The molecule has 0 unspecified atom stereocenters. The molecule has 0 spiro atoms. The summed E-state index contributed by atoms with van der Waals surface area (Å²) in [5.41, 5.74) is 3.87. The molecule has 134 valence electrons. The molecule has 1 aromatic heterocycles. The van der Waals surface area contributed by atoms with E-state index in [4.69, 9.17) is 10.1 Å². The van der Waals surface area contributed by atoms with Crippen LogP contribution in [0.3, 0.4) is 0 Å². The molecule has 0 aliphatic carbocycles. The highest BCUT2D eigenvalue weighted by Crippen LogP contribution is 2.29. The lowest BCUT2D eigenvalue weighted by atomic mass is 10.0. The van der Waals surface area contributed by atoms with Crippen LogP contribution in [0.1, 0.15) is 25.8 Å². The molecule has 4 heteroatoms. The summed E-state index contributed by atoms with van der Waals surface area (Å²) in [6.45, 7) is 5.15. The van der Waals surface area contributed by atoms with Crippen LogP contribution in [0.15, 0.2) is 66.9 Å². The van der Waals surface area contributed by atoms with Gasteiger partial charge in [-0.2, -0.15) is 0 Å². The first-order chi connectivity index (χ1) is 12.7. The lowest BCUT2D eigenvalue weighted by molar-refractivity contribution is 0.289. The van der Waals surface area contributed by atoms with Gasteiger partial charge in [0.25, 0.3) is 0 Å². The van der Waals surface area contributed by atoms with E-state index in [1.165, 1.54) is 0 Å². The van der Waals surface area contributed by atoms with Crippen LogP contribution in [-0.4, -0.2) is 15.5 Å². The predicted octanol–water partition coefficient (Wildman–Crippen LogP) is 5.19. The van der Waals surface area contributed by atoms with Gasteiger partial charge in [0.15, 0.2) is 0 Å². The maximum atomic E-state index is 7.95. The Morgan fingerprint density at radius 2 is 1.73 bits per heavy atom. The van der Waals surface area contributed by atoms with Crippen molar-refractivity contribution in [3.63, 3.8) is 0 Å². The molecule has 0 bridgehead atoms. The van der Waals surface area contributed by atoms with Crippen LogP contribution in [0.4, 0.5) is 0 Å². The van der Waals surface area contributed by atoms with Crippen LogP contribution in [0.25, 0.3) is 11.1 Å². The van der Waals surface area contributed by atoms with Crippen LogP contribution >= 0.6 is 0 Å². The summed E-state index contributed by atoms with van der Waals surface area (Å²) in [7, 11) is 0. The second-order valence-corrected chi connectivity index (χ2v) is 6.50. The summed E-state index contributed by atoms with van der Waals surface area (Å²) in [6.07, 6.45) is 2.96. The van der Waals surface area contributed by atoms with Gasteiger partial charge in [0.1, 0.15) is 6.61 Å². The third kappa shape index (κ3) is 4.39. The molecule has 0 aliphatic rings. The van der Waals surface area contributed by atoms with Gasteiger partial charge in [-0.05, 0) is 24.5 Å². The Labute approximate surface area is 155 Å². The summed E-state index contributed by atoms with van der Waals surface area (Å²) in [4.78, 5) is 0. The minimum absolute atomic E-state index is 0.195. The van der Waals surface area contributed by atoms with E-state index in [0.717, 1.165) is 23.1 Å². The molecule has 26 heavy (non-hydrogen) atoms. The van der Waals surface area contributed by atoms with Gasteiger partial charge >= 0.3 is 0 Å². The SMILES string of the molecule is CC[C@H](Cn1cc(-c2ccccc2)c(OCc2ccccc2)n1)C(C)=N. The van der Waals surface area contributed by atoms with Crippen molar-refractivity contribution >= 4 is 5.71 Å². The fourth-order valence-electron chi connectivity index (χ4n) is 2.94. The minimum Gasteiger partial charge on any atom is -0.471 e. The van der Waals surface area contributed by atoms with Crippen molar-refractivity contribution in [2.45, 2.75) is 33.4 Å². The Kier molecular flexibility index (Phi) is 5.84. The highest BCUT2D eigenvalue weighted by atomic mass is 16.5. The quantitative estimate of drug-likeness (QED) is 0.570. The Balaban J connectivity index is 1.86. The normalized spacial score (nSPS) is 11.9. The van der Waals surface area contributed by atoms with Gasteiger partial charge in [-0.3, -0.25) is 4.68 Å². The fraction of sp³-hybridized carbons (Fsp3) is 0.273. The van der Waals surface area contributed by atoms with Crippen molar-refractivity contribution < 1.29 is 4.74 Å². The van der Waals surface area contributed by atoms with Gasteiger partial charge in [-0.1, -0.05) is 67.6 Å². The van der Waals surface area contributed by atoms with E-state index >= 15 is 0 Å². The van der Waals surface area contributed by atoms with E-state index in [1.807, 2.05) is 66.3 Å². The largest absolute Gasteiger partial charge is 0.471 e. The molecule has 0 saturated heterocycles. The standard InChI is InChI=1S/C22H25N3O/c1-3-19(17(2)23)14-25-15-21(20-12-8-5-9-13-20)22(24-25)26-16-18-10-6-4-7-11-18/h4-13,15,19,23H,3,14,16H2,1-2H3/t19-/m1/s1. The molecule has 1 heterocycles. The first kappa shape index (κ1) is 17.9. The number of nitrogens with one attached hydrogen (secondary N) is 1. The van der Waals surface area contributed by atoms with E-state index in [0.29, 0.717) is 24.7 Å². The van der Waals surface area contributed by atoms with E-state index in [1.54, 1.807) is 0 Å². The monoisotopic (exact) mass is 347 g/mol. The molecule has 0 fully saturated rings. The van der Waals surface area contributed by atoms with Gasteiger partial charge in [-0.25, -0.2) is 0 Å². The molecule has 1 atom stereocenters. The summed E-state index contributed by atoms with van der Waals surface area (Å²) in [5, 5.41) is 12.6. The molecule has 1 N–H and O–H groups in total. The molecular weight excluding hydrogens is 322 g/mol. The average molecular weight is 347 g/mol. The van der Waals surface area contributed by atoms with Crippen LogP contribution < -0.4 is 4.74 Å². The highest BCUT2D eigenvalue weighted by Gasteiger charge is 2.16. The van der Waals surface area contributed by atoms with Crippen LogP contribution in [-0.2, 0) is 13.2 Å². The minimum atomic E-state index is 0.195.